The third-order valence-electron chi connectivity index (χ3n) is 15.4. The second-order valence-electron chi connectivity index (χ2n) is 20.3. The summed E-state index contributed by atoms with van der Waals surface area (Å²) < 4.78 is 61.5. The SMILES string of the molecule is [2H]c1c([2H])c([2H])c(-c2ccc(-c3cnc(-n4c5[c-]c(Oc6[c-]c(-c7coc8c(-c9c(-c%10ccccc%10)cccc9-c9ccccc9)[n+](-c9c(-c%10ccccc%10)cccc9-c9ccccc9)[c-]n78)ccc6)ccc5c5ccccc54)cc3C)cc2)c([2H])c1[2H].[Pt]. The monoisotopic (exact) mass is 1260 g/mol. The predicted molar refractivity (Wildman–Crippen MR) is 335 cm³/mol. The summed E-state index contributed by atoms with van der Waals surface area (Å²) in [6, 6.07) is 88.1. The van der Waals surface area contributed by atoms with Crippen molar-refractivity contribution < 1.29 is 41.6 Å². The van der Waals surface area contributed by atoms with E-state index in [0.29, 0.717) is 34.3 Å². The first-order valence-electron chi connectivity index (χ1n) is 29.9. The van der Waals surface area contributed by atoms with Gasteiger partial charge in [0.05, 0.1) is 24.5 Å². The molecule has 7 heteroatoms. The Balaban J connectivity index is 0.00000694. The van der Waals surface area contributed by atoms with Crippen molar-refractivity contribution in [3.63, 3.8) is 0 Å². The van der Waals surface area contributed by atoms with Crippen LogP contribution in [0.5, 0.6) is 11.5 Å². The van der Waals surface area contributed by atoms with Crippen molar-refractivity contribution in [2.45, 2.75) is 6.92 Å². The number of pyridine rings is 1. The number of oxazole rings is 1. The number of ether oxygens (including phenoxy) is 1. The van der Waals surface area contributed by atoms with E-state index in [9.17, 15) is 0 Å². The standard InChI is InChI=1S/C77H50N4O2.Pt/c1-52-46-73(78-49-69(52)59-42-40-54(41-43-59)53-22-7-2-8-23-53)81-70-39-18-17-34-67(70)68-45-44-62(48-71(68)81)83-61-33-19-32-60(47-61)72-50-82-77-76(74-63(55-24-9-3-10-25-55)35-20-36-64(74)56-26-11-4-12-27-56)80(51-79(72)77)75-65(57-28-13-5-14-29-57)37-21-38-66(75)58-30-15-6-16-31-58;/h2-46,49-50H,1H3;/q-2;/i2D,7D,8D,22D,23D;. The van der Waals surface area contributed by atoms with E-state index in [1.165, 1.54) is 0 Å². The second kappa shape index (κ2) is 22.2. The summed E-state index contributed by atoms with van der Waals surface area (Å²) in [5.74, 6) is 1.65. The molecule has 4 heterocycles. The number of aryl methyl sites for hydroxylation is 1. The van der Waals surface area contributed by atoms with Crippen LogP contribution in [0.3, 0.4) is 0 Å². The van der Waals surface area contributed by atoms with Gasteiger partial charge in [-0.2, -0.15) is 6.07 Å². The number of aromatic nitrogens is 4. The Morgan fingerprint density at radius 3 is 1.68 bits per heavy atom. The summed E-state index contributed by atoms with van der Waals surface area (Å²) in [6.07, 6.45) is 7.52. The summed E-state index contributed by atoms with van der Waals surface area (Å²) in [6.45, 7) is 2.04. The first-order valence-corrected chi connectivity index (χ1v) is 27.4. The van der Waals surface area contributed by atoms with Crippen molar-refractivity contribution in [1.82, 2.24) is 14.0 Å². The molecule has 0 saturated carbocycles. The van der Waals surface area contributed by atoms with Gasteiger partial charge < -0.3 is 13.7 Å². The molecular formula is C77H50N4O2Pt-2. The van der Waals surface area contributed by atoms with Crippen LogP contribution in [-0.4, -0.2) is 14.0 Å². The zero-order chi connectivity index (χ0) is 59.6. The van der Waals surface area contributed by atoms with Gasteiger partial charge in [0.15, 0.2) is 0 Å². The molecule has 84 heavy (non-hydrogen) atoms. The molecule has 0 aliphatic carbocycles. The van der Waals surface area contributed by atoms with Gasteiger partial charge in [0.25, 0.3) is 6.33 Å². The van der Waals surface area contributed by atoms with E-state index in [-0.39, 0.29) is 50.8 Å². The van der Waals surface area contributed by atoms with E-state index < -0.39 is 6.04 Å². The summed E-state index contributed by atoms with van der Waals surface area (Å²) >= 11 is 0. The van der Waals surface area contributed by atoms with Crippen molar-refractivity contribution in [1.29, 1.82) is 0 Å². The Morgan fingerprint density at radius 2 is 1.05 bits per heavy atom. The molecule has 0 saturated heterocycles. The molecule has 15 rings (SSSR count). The van der Waals surface area contributed by atoms with Crippen LogP contribution in [0.4, 0.5) is 0 Å². The Bertz CT molecular complexity index is 5040. The molecule has 0 spiro atoms. The summed E-state index contributed by atoms with van der Waals surface area (Å²) in [5, 5.41) is 2.02. The van der Waals surface area contributed by atoms with Crippen LogP contribution in [0.25, 0.3) is 128 Å². The van der Waals surface area contributed by atoms with Gasteiger partial charge in [-0.05, 0) is 91.2 Å². The van der Waals surface area contributed by atoms with Crippen LogP contribution in [0, 0.1) is 25.4 Å². The van der Waals surface area contributed by atoms with Crippen LogP contribution in [0.2, 0.25) is 0 Å². The average molecular weight is 1260 g/mol. The molecule has 402 valence electrons. The van der Waals surface area contributed by atoms with E-state index in [2.05, 4.69) is 179 Å². The molecule has 0 bridgehead atoms. The zero-order valence-electron chi connectivity index (χ0n) is 50.2. The molecule has 0 atom stereocenters. The molecule has 0 aliphatic rings. The molecule has 15 aromatic rings. The fourth-order valence-electron chi connectivity index (χ4n) is 11.5. The fourth-order valence-corrected chi connectivity index (χ4v) is 11.5. The van der Waals surface area contributed by atoms with Crippen molar-refractivity contribution in [2.75, 3.05) is 0 Å². The van der Waals surface area contributed by atoms with Crippen molar-refractivity contribution in [2.24, 2.45) is 0 Å². The third kappa shape index (κ3) is 9.33. The van der Waals surface area contributed by atoms with Crippen molar-refractivity contribution in [3.05, 3.63) is 309 Å². The molecule has 0 amide bonds. The smallest absolute Gasteiger partial charge is 0.272 e. The van der Waals surface area contributed by atoms with Gasteiger partial charge in [-0.25, -0.2) is 4.98 Å². The minimum atomic E-state index is -0.418. The number of nitrogens with zero attached hydrogens (tertiary/aromatic N) is 4. The number of hydrogen-bond donors (Lipinski definition) is 0. The van der Waals surface area contributed by atoms with Gasteiger partial charge >= 0.3 is 0 Å². The fraction of sp³-hybridized carbons (Fsp3) is 0.0130. The van der Waals surface area contributed by atoms with Crippen LogP contribution in [0.1, 0.15) is 12.4 Å². The number of fused-ring (bicyclic) bond motifs is 4. The van der Waals surface area contributed by atoms with Crippen molar-refractivity contribution >= 4 is 27.5 Å². The largest absolute Gasteiger partial charge is 0.503 e. The molecule has 4 aromatic heterocycles. The maximum Gasteiger partial charge on any atom is 0.272 e. The van der Waals surface area contributed by atoms with Gasteiger partial charge in [-0.3, -0.25) is 8.97 Å². The Hall–Kier alpha value is -10.4. The summed E-state index contributed by atoms with van der Waals surface area (Å²) in [5.41, 5.74) is 18.3. The predicted octanol–water partition coefficient (Wildman–Crippen LogP) is 19.1. The summed E-state index contributed by atoms with van der Waals surface area (Å²) in [7, 11) is 0. The summed E-state index contributed by atoms with van der Waals surface area (Å²) in [4.78, 5) is 5.06. The number of rotatable bonds is 12. The van der Waals surface area contributed by atoms with Gasteiger partial charge in [0, 0.05) is 55.4 Å². The number of para-hydroxylation sites is 2. The van der Waals surface area contributed by atoms with E-state index in [4.69, 9.17) is 21.0 Å². The van der Waals surface area contributed by atoms with E-state index in [0.717, 1.165) is 106 Å². The molecule has 6 nitrogen and oxygen atoms in total. The molecule has 0 N–H and O–H groups in total. The van der Waals surface area contributed by atoms with Gasteiger partial charge in [-0.15, -0.1) is 35.7 Å². The van der Waals surface area contributed by atoms with Gasteiger partial charge in [0.2, 0.25) is 5.71 Å². The van der Waals surface area contributed by atoms with Crippen molar-refractivity contribution in [3.8, 4) is 112 Å². The Labute approximate surface area is 508 Å². The van der Waals surface area contributed by atoms with Gasteiger partial charge in [-0.1, -0.05) is 248 Å². The van der Waals surface area contributed by atoms with E-state index >= 15 is 0 Å². The minimum absolute atomic E-state index is 0. The normalized spacial score (nSPS) is 12.1. The molecule has 0 radical (unpaired) electrons. The number of benzene rings is 11. The van der Waals surface area contributed by atoms with Crippen LogP contribution in [-0.2, 0) is 21.1 Å². The number of imidazole rings is 1. The molecular weight excluding hydrogens is 1210 g/mol. The van der Waals surface area contributed by atoms with Crippen LogP contribution < -0.4 is 9.30 Å². The average Bonchev–Trinajstić information content (AvgIpc) is 1.64. The third-order valence-corrected chi connectivity index (χ3v) is 15.4. The maximum absolute atomic E-state index is 8.51. The quantitative estimate of drug-likeness (QED) is 0.0905. The van der Waals surface area contributed by atoms with E-state index in [1.807, 2.05) is 96.4 Å². The Morgan fingerprint density at radius 1 is 0.500 bits per heavy atom. The molecule has 0 unspecified atom stereocenters. The molecule has 0 aliphatic heterocycles. The van der Waals surface area contributed by atoms with Gasteiger partial charge in [0.1, 0.15) is 11.5 Å². The Kier molecular flexibility index (Phi) is 12.2. The first kappa shape index (κ1) is 46.2. The first-order chi connectivity index (χ1) is 43.2. The van der Waals surface area contributed by atoms with E-state index in [1.54, 1.807) is 18.4 Å². The second-order valence-corrected chi connectivity index (χ2v) is 20.3. The van der Waals surface area contributed by atoms with Crippen LogP contribution >= 0.6 is 0 Å². The zero-order valence-corrected chi connectivity index (χ0v) is 47.4. The van der Waals surface area contributed by atoms with Crippen LogP contribution in [0.15, 0.2) is 290 Å². The minimum Gasteiger partial charge on any atom is -0.503 e. The number of hydrogen-bond acceptors (Lipinski definition) is 3. The topological polar surface area (TPSA) is 48.5 Å². The maximum atomic E-state index is 8.51. The molecule has 11 aromatic carbocycles. The molecule has 0 fully saturated rings.